The summed E-state index contributed by atoms with van der Waals surface area (Å²) in [4.78, 5) is 29.0. The Labute approximate surface area is 203 Å². The number of ether oxygens (including phenoxy) is 2. The van der Waals surface area contributed by atoms with Crippen molar-refractivity contribution in [1.82, 2.24) is 9.80 Å². The summed E-state index contributed by atoms with van der Waals surface area (Å²) in [5.74, 6) is 1.28. The van der Waals surface area contributed by atoms with Gasteiger partial charge in [-0.2, -0.15) is 0 Å². The van der Waals surface area contributed by atoms with Crippen LogP contribution in [0.4, 0.5) is 0 Å². The van der Waals surface area contributed by atoms with Gasteiger partial charge in [-0.05, 0) is 56.6 Å². The minimum Gasteiger partial charge on any atom is -0.490 e. The molecule has 3 heterocycles. The summed E-state index contributed by atoms with van der Waals surface area (Å²) in [6, 6.07) is 11.5. The van der Waals surface area contributed by atoms with Crippen LogP contribution in [0.2, 0.25) is 0 Å². The quantitative estimate of drug-likeness (QED) is 0.409. The van der Waals surface area contributed by atoms with Gasteiger partial charge in [-0.1, -0.05) is 30.4 Å². The van der Waals surface area contributed by atoms with Crippen molar-refractivity contribution in [2.24, 2.45) is 5.92 Å². The topological polar surface area (TPSA) is 79.3 Å². The lowest BCUT2D eigenvalue weighted by Gasteiger charge is -2.56. The predicted molar refractivity (Wildman–Crippen MR) is 128 cm³/mol. The van der Waals surface area contributed by atoms with Crippen LogP contribution in [0.15, 0.2) is 48.6 Å². The van der Waals surface area contributed by atoms with Crippen molar-refractivity contribution in [2.75, 3.05) is 26.7 Å². The molecule has 1 spiro atoms. The molecule has 7 nitrogen and oxygen atoms in total. The fraction of sp³-hybridized carbons (Fsp3) is 0.429. The number of carbonyl (C=O) groups is 2. The molecule has 2 amide bonds. The predicted octanol–water partition coefficient (Wildman–Crippen LogP) is 2.56. The van der Waals surface area contributed by atoms with E-state index in [0.717, 1.165) is 25.1 Å². The summed E-state index contributed by atoms with van der Waals surface area (Å²) in [6.07, 6.45) is 5.59. The molecule has 0 unspecified atom stereocenters. The van der Waals surface area contributed by atoms with E-state index in [9.17, 15) is 14.7 Å². The lowest BCUT2D eigenvalue weighted by atomic mass is 9.53. The van der Waals surface area contributed by atoms with E-state index in [1.165, 1.54) is 16.0 Å². The second-order valence-corrected chi connectivity index (χ2v) is 10.4. The molecular weight excluding hydrogens is 444 g/mol. The van der Waals surface area contributed by atoms with Gasteiger partial charge in [0.15, 0.2) is 11.5 Å². The number of rotatable bonds is 5. The van der Waals surface area contributed by atoms with Crippen molar-refractivity contribution >= 4 is 11.8 Å². The minimum absolute atomic E-state index is 0.214. The Morgan fingerprint density at radius 3 is 2.66 bits per heavy atom. The molecule has 180 valence electrons. The lowest BCUT2D eigenvalue weighted by molar-refractivity contribution is -0.0454. The third-order valence-corrected chi connectivity index (χ3v) is 8.80. The SMILES string of the molecule is CN1CC[C@]23c4c5ccc(OCCCN6C(=O)c7ccccc7C6=O)c4O[C@H]2[C@@H](O)C=C[C@H]3[C@H]1C5. The van der Waals surface area contributed by atoms with Crippen LogP contribution in [0.3, 0.4) is 0 Å². The minimum atomic E-state index is -0.643. The van der Waals surface area contributed by atoms with Gasteiger partial charge in [-0.3, -0.25) is 14.5 Å². The van der Waals surface area contributed by atoms with E-state index in [1.54, 1.807) is 24.3 Å². The van der Waals surface area contributed by atoms with Gasteiger partial charge in [0.2, 0.25) is 0 Å². The van der Waals surface area contributed by atoms with Crippen LogP contribution in [0.5, 0.6) is 11.5 Å². The molecule has 1 saturated heterocycles. The highest BCUT2D eigenvalue weighted by atomic mass is 16.5. The molecule has 35 heavy (non-hydrogen) atoms. The standard InChI is InChI=1S/C28H28N2O5/c1-29-13-11-28-19-8-9-21(31)25(28)35-24-22(10-7-16(23(24)28)15-20(19)29)34-14-4-12-30-26(32)17-5-2-3-6-18(17)27(30)33/h2-3,5-10,19-21,25,31H,4,11-15H2,1H3/t19-,20+,21-,25-,28-/m0/s1. The summed E-state index contributed by atoms with van der Waals surface area (Å²) in [6.45, 7) is 1.64. The Hall–Kier alpha value is -3.16. The summed E-state index contributed by atoms with van der Waals surface area (Å²) >= 11 is 0. The normalized spacial score (nSPS) is 31.9. The van der Waals surface area contributed by atoms with E-state index in [2.05, 4.69) is 24.1 Å². The van der Waals surface area contributed by atoms with E-state index >= 15 is 0 Å². The molecule has 7 heteroatoms. The average molecular weight is 473 g/mol. The third kappa shape index (κ3) is 2.74. The molecule has 0 radical (unpaired) electrons. The number of carbonyl (C=O) groups excluding carboxylic acids is 2. The summed E-state index contributed by atoms with van der Waals surface area (Å²) in [5.41, 5.74) is 3.23. The Morgan fingerprint density at radius 1 is 1.11 bits per heavy atom. The Balaban J connectivity index is 1.12. The Bertz CT molecular complexity index is 1250. The van der Waals surface area contributed by atoms with E-state index in [-0.39, 0.29) is 23.3 Å². The molecule has 1 fully saturated rings. The van der Waals surface area contributed by atoms with Gasteiger partial charge in [-0.25, -0.2) is 0 Å². The van der Waals surface area contributed by atoms with Gasteiger partial charge in [0.25, 0.3) is 11.8 Å². The second kappa shape index (κ2) is 7.42. The van der Waals surface area contributed by atoms with Crippen LogP contribution in [0.1, 0.15) is 44.7 Å². The van der Waals surface area contributed by atoms with Crippen molar-refractivity contribution in [3.63, 3.8) is 0 Å². The fourth-order valence-corrected chi connectivity index (χ4v) is 7.19. The highest BCUT2D eigenvalue weighted by Crippen LogP contribution is 2.62. The lowest BCUT2D eigenvalue weighted by Crippen LogP contribution is -2.64. The molecule has 5 atom stereocenters. The van der Waals surface area contributed by atoms with Crippen LogP contribution in [0.25, 0.3) is 0 Å². The zero-order valence-corrected chi connectivity index (χ0v) is 19.6. The molecule has 2 aliphatic carbocycles. The number of amides is 2. The maximum absolute atomic E-state index is 12.6. The van der Waals surface area contributed by atoms with E-state index in [4.69, 9.17) is 9.47 Å². The summed E-state index contributed by atoms with van der Waals surface area (Å²) in [7, 11) is 2.19. The second-order valence-electron chi connectivity index (χ2n) is 10.4. The Morgan fingerprint density at radius 2 is 1.89 bits per heavy atom. The van der Waals surface area contributed by atoms with Gasteiger partial charge >= 0.3 is 0 Å². The monoisotopic (exact) mass is 472 g/mol. The first-order valence-corrected chi connectivity index (χ1v) is 12.5. The maximum atomic E-state index is 12.6. The van der Waals surface area contributed by atoms with Crippen molar-refractivity contribution < 1.29 is 24.2 Å². The van der Waals surface area contributed by atoms with Crippen molar-refractivity contribution in [1.29, 1.82) is 0 Å². The molecule has 3 aliphatic heterocycles. The summed E-state index contributed by atoms with van der Waals surface area (Å²) < 4.78 is 12.7. The molecular formula is C28H28N2O5. The van der Waals surface area contributed by atoms with E-state index < -0.39 is 6.10 Å². The molecule has 1 N–H and O–H groups in total. The third-order valence-electron chi connectivity index (χ3n) is 8.80. The number of aliphatic hydroxyl groups excluding tert-OH is 1. The highest BCUT2D eigenvalue weighted by Gasteiger charge is 2.64. The smallest absolute Gasteiger partial charge is 0.261 e. The van der Waals surface area contributed by atoms with Gasteiger partial charge in [0, 0.05) is 29.5 Å². The van der Waals surface area contributed by atoms with Crippen molar-refractivity contribution in [3.05, 3.63) is 70.8 Å². The van der Waals surface area contributed by atoms with E-state index in [1.807, 2.05) is 12.1 Å². The molecule has 2 aromatic rings. The first-order chi connectivity index (χ1) is 17.0. The van der Waals surface area contributed by atoms with Crippen LogP contribution in [-0.4, -0.2) is 71.7 Å². The molecule has 7 rings (SSSR count). The fourth-order valence-electron chi connectivity index (χ4n) is 7.19. The number of imide groups is 1. The van der Waals surface area contributed by atoms with Crippen molar-refractivity contribution in [2.45, 2.75) is 42.9 Å². The Kier molecular flexibility index (Phi) is 4.48. The van der Waals surface area contributed by atoms with Crippen LogP contribution in [-0.2, 0) is 11.8 Å². The molecule has 2 aromatic carbocycles. The van der Waals surface area contributed by atoms with Gasteiger partial charge in [-0.15, -0.1) is 0 Å². The van der Waals surface area contributed by atoms with Crippen LogP contribution >= 0.6 is 0 Å². The van der Waals surface area contributed by atoms with Gasteiger partial charge in [0.1, 0.15) is 12.2 Å². The number of likely N-dealkylation sites (tertiary alicyclic amines) is 1. The van der Waals surface area contributed by atoms with E-state index in [0.29, 0.717) is 48.4 Å². The number of aliphatic hydroxyl groups is 1. The summed E-state index contributed by atoms with van der Waals surface area (Å²) in [5, 5.41) is 10.9. The van der Waals surface area contributed by atoms with Crippen LogP contribution in [0, 0.1) is 5.92 Å². The number of benzene rings is 2. The molecule has 0 aromatic heterocycles. The molecule has 5 aliphatic rings. The number of hydrogen-bond acceptors (Lipinski definition) is 6. The number of likely N-dealkylation sites (N-methyl/N-ethyl adjacent to an activating group) is 1. The zero-order valence-electron chi connectivity index (χ0n) is 19.6. The molecule has 2 bridgehead atoms. The largest absolute Gasteiger partial charge is 0.490 e. The molecule has 0 saturated carbocycles. The number of piperidine rings is 1. The first kappa shape index (κ1) is 21.1. The van der Waals surface area contributed by atoms with Gasteiger partial charge < -0.3 is 19.5 Å². The number of fused-ring (bicyclic) bond motifs is 1. The van der Waals surface area contributed by atoms with Crippen LogP contribution < -0.4 is 9.47 Å². The first-order valence-electron chi connectivity index (χ1n) is 12.5. The zero-order chi connectivity index (χ0) is 23.9. The van der Waals surface area contributed by atoms with Gasteiger partial charge in [0.05, 0.1) is 17.7 Å². The van der Waals surface area contributed by atoms with Crippen molar-refractivity contribution in [3.8, 4) is 11.5 Å². The average Bonchev–Trinajstić information content (AvgIpc) is 3.34. The number of nitrogens with zero attached hydrogens (tertiary/aromatic N) is 2. The number of hydrogen-bond donors (Lipinski definition) is 1. The highest BCUT2D eigenvalue weighted by molar-refractivity contribution is 6.21. The maximum Gasteiger partial charge on any atom is 0.261 e.